The van der Waals surface area contributed by atoms with Crippen molar-refractivity contribution in [2.75, 3.05) is 35.2 Å². The van der Waals surface area contributed by atoms with Gasteiger partial charge in [0.15, 0.2) is 22.6 Å². The molecule has 6 aromatic carbocycles. The van der Waals surface area contributed by atoms with Gasteiger partial charge in [-0.15, -0.1) is 0 Å². The predicted octanol–water partition coefficient (Wildman–Crippen LogP) is 13.3. The number of anilines is 2. The fraction of sp³-hybridized carbons (Fsp3) is 0.200. The molecular formula is C70H60BBrF4N8O12S2. The van der Waals surface area contributed by atoms with Crippen LogP contribution in [0.25, 0.3) is 89.3 Å². The summed E-state index contributed by atoms with van der Waals surface area (Å²) < 4.78 is 136. The molecule has 0 amide bonds. The number of aromatic nitrogens is 6. The van der Waals surface area contributed by atoms with Crippen molar-refractivity contribution in [3.8, 4) is 45.3 Å². The van der Waals surface area contributed by atoms with Crippen molar-refractivity contribution < 1.29 is 62.1 Å². The minimum Gasteiger partial charge on any atom is -0.455 e. The number of hydrogen-bond donors (Lipinski definition) is 0. The molecule has 6 aromatic heterocycles. The van der Waals surface area contributed by atoms with E-state index in [2.05, 4.69) is 35.9 Å². The first kappa shape index (κ1) is 69.4. The molecule has 28 heteroatoms. The number of pyridine rings is 2. The van der Waals surface area contributed by atoms with Gasteiger partial charge in [-0.2, -0.15) is 0 Å². The summed E-state index contributed by atoms with van der Waals surface area (Å²) in [5, 5.41) is 0.889. The molecule has 12 aromatic rings. The van der Waals surface area contributed by atoms with Gasteiger partial charge in [0.2, 0.25) is 20.0 Å². The number of halogens is 5. The highest BCUT2D eigenvalue weighted by molar-refractivity contribution is 9.10. The zero-order valence-electron chi connectivity index (χ0n) is 54.2. The van der Waals surface area contributed by atoms with Crippen molar-refractivity contribution in [3.05, 3.63) is 218 Å². The summed E-state index contributed by atoms with van der Waals surface area (Å²) in [7, 11) is -5.53. The zero-order valence-corrected chi connectivity index (χ0v) is 57.4. The molecule has 13 rings (SSSR count). The van der Waals surface area contributed by atoms with E-state index in [0.29, 0.717) is 60.1 Å². The van der Waals surface area contributed by atoms with E-state index in [1.807, 2.05) is 27.7 Å². The summed E-state index contributed by atoms with van der Waals surface area (Å²) in [5.74, 6) is -1.88. The maximum Gasteiger partial charge on any atom is 0.497 e. The molecule has 0 unspecified atom stereocenters. The second kappa shape index (κ2) is 26.8. The Morgan fingerprint density at radius 1 is 0.561 bits per heavy atom. The van der Waals surface area contributed by atoms with Crippen molar-refractivity contribution in [1.29, 1.82) is 0 Å². The van der Waals surface area contributed by atoms with Gasteiger partial charge in [0.25, 0.3) is 11.1 Å². The molecule has 0 saturated carbocycles. The molecule has 20 nitrogen and oxygen atoms in total. The van der Waals surface area contributed by atoms with Crippen LogP contribution in [-0.4, -0.2) is 102 Å². The molecule has 0 spiro atoms. The Hall–Kier alpha value is -10.00. The standard InChI is InChI=1S/C32H24F2N4O5S.C25H29BFNO6S.C13H7BrFN3O/c1-4-27(39)29-21-15-20(23-13-14-24-30(36-23)32(40)38(17-35-24)25-8-6-5-7-22(25)34)26(37(2)44(3,41)42)16-28(21)43-31(29)18-9-11-19(33)12-10-18;1-8-20(29)22-17-13-18(26-33-24(2,3)25(4,5)34-26)19(28(6)35(7,30)31)14-21(17)32-23(22)15-9-11-16(27)12-10-15;14-11-6-5-9-12(17-11)13(19)18(7-16-9)10-4-2-1-3-8(10)15/h5-17H,4H2,1-3H3;9-14H,8H2,1-7H3;1-7H. The lowest BCUT2D eigenvalue weighted by atomic mass is 9.76. The van der Waals surface area contributed by atoms with Crippen LogP contribution in [0, 0.1) is 23.3 Å². The lowest BCUT2D eigenvalue weighted by Crippen LogP contribution is -2.41. The maximum absolute atomic E-state index is 14.6. The van der Waals surface area contributed by atoms with Gasteiger partial charge in [-0.1, -0.05) is 38.1 Å². The monoisotopic (exact) mass is 1430 g/mol. The first-order chi connectivity index (χ1) is 46.3. The van der Waals surface area contributed by atoms with Gasteiger partial charge in [-0.25, -0.2) is 54.3 Å². The van der Waals surface area contributed by atoms with Crippen LogP contribution in [0.3, 0.4) is 0 Å². The lowest BCUT2D eigenvalue weighted by Gasteiger charge is -2.32. The van der Waals surface area contributed by atoms with Crippen LogP contribution in [0.2, 0.25) is 0 Å². The number of fused-ring (bicyclic) bond motifs is 4. The first-order valence-electron chi connectivity index (χ1n) is 30.3. The minimum absolute atomic E-state index is 0.00698. The van der Waals surface area contributed by atoms with E-state index in [4.69, 9.17) is 18.1 Å². The number of ketones is 2. The highest BCUT2D eigenvalue weighted by Gasteiger charge is 2.53. The fourth-order valence-corrected chi connectivity index (χ4v) is 12.1. The largest absolute Gasteiger partial charge is 0.497 e. The molecule has 7 heterocycles. The highest BCUT2D eigenvalue weighted by atomic mass is 79.9. The third kappa shape index (κ3) is 13.4. The summed E-state index contributed by atoms with van der Waals surface area (Å²) in [4.78, 5) is 69.2. The first-order valence-corrected chi connectivity index (χ1v) is 34.7. The lowest BCUT2D eigenvalue weighted by molar-refractivity contribution is 0.00578. The van der Waals surface area contributed by atoms with Gasteiger partial charge in [-0.3, -0.25) is 36.9 Å². The Morgan fingerprint density at radius 3 is 1.43 bits per heavy atom. The average molecular weight is 1440 g/mol. The number of para-hydroxylation sites is 2. The summed E-state index contributed by atoms with van der Waals surface area (Å²) in [6.45, 7) is 11.1. The molecule has 0 radical (unpaired) electrons. The topological polar surface area (TPSA) is 249 Å². The van der Waals surface area contributed by atoms with E-state index in [-0.39, 0.29) is 86.2 Å². The molecule has 1 fully saturated rings. The summed E-state index contributed by atoms with van der Waals surface area (Å²) in [6, 6.07) is 35.8. The minimum atomic E-state index is -3.80. The van der Waals surface area contributed by atoms with Crippen LogP contribution >= 0.6 is 15.9 Å². The van der Waals surface area contributed by atoms with Gasteiger partial charge in [0.05, 0.1) is 74.3 Å². The van der Waals surface area contributed by atoms with Crippen LogP contribution in [0.4, 0.5) is 28.9 Å². The predicted molar refractivity (Wildman–Crippen MR) is 372 cm³/mol. The van der Waals surface area contributed by atoms with Crippen LogP contribution in [-0.2, 0) is 29.4 Å². The van der Waals surface area contributed by atoms with Gasteiger partial charge in [0, 0.05) is 72.0 Å². The highest BCUT2D eigenvalue weighted by Crippen LogP contribution is 2.43. The van der Waals surface area contributed by atoms with E-state index in [1.54, 1.807) is 74.5 Å². The van der Waals surface area contributed by atoms with Crippen molar-refractivity contribution >= 4 is 116 Å². The normalized spacial score (nSPS) is 13.5. The third-order valence-corrected chi connectivity index (χ3v) is 19.7. The van der Waals surface area contributed by atoms with E-state index in [9.17, 15) is 53.6 Å². The smallest absolute Gasteiger partial charge is 0.455 e. The fourth-order valence-electron chi connectivity index (χ4n) is 10.8. The Labute approximate surface area is 567 Å². The molecule has 0 aliphatic carbocycles. The number of rotatable bonds is 14. The second-order valence-electron chi connectivity index (χ2n) is 23.8. The van der Waals surface area contributed by atoms with Crippen LogP contribution in [0.1, 0.15) is 75.1 Å². The van der Waals surface area contributed by atoms with Crippen molar-refractivity contribution in [2.45, 2.75) is 65.6 Å². The number of sulfonamides is 2. The molecule has 1 aliphatic rings. The van der Waals surface area contributed by atoms with Crippen LogP contribution < -0.4 is 25.2 Å². The van der Waals surface area contributed by atoms with E-state index in [0.717, 1.165) is 30.3 Å². The Morgan fingerprint density at radius 2 is 0.980 bits per heavy atom. The quantitative estimate of drug-likeness (QED) is 0.0425. The summed E-state index contributed by atoms with van der Waals surface area (Å²) >= 11 is 3.20. The van der Waals surface area contributed by atoms with Crippen molar-refractivity contribution in [1.82, 2.24) is 29.1 Å². The Kier molecular flexibility index (Phi) is 19.0. The Balaban J connectivity index is 0.000000160. The van der Waals surface area contributed by atoms with Crippen molar-refractivity contribution in [3.63, 3.8) is 0 Å². The number of benzene rings is 6. The molecule has 1 aliphatic heterocycles. The zero-order chi connectivity index (χ0) is 70.7. The van der Waals surface area contributed by atoms with E-state index >= 15 is 0 Å². The second-order valence-corrected chi connectivity index (χ2v) is 28.6. The summed E-state index contributed by atoms with van der Waals surface area (Å²) in [6.07, 6.45) is 5.01. The van der Waals surface area contributed by atoms with Gasteiger partial charge >= 0.3 is 7.12 Å². The summed E-state index contributed by atoms with van der Waals surface area (Å²) in [5.41, 5.74) is 2.18. The molecule has 1 saturated heterocycles. The number of hydrogen-bond acceptors (Lipinski definition) is 16. The molecule has 0 N–H and O–H groups in total. The number of furan rings is 2. The molecule has 0 bridgehead atoms. The van der Waals surface area contributed by atoms with E-state index in [1.165, 1.54) is 112 Å². The molecule has 98 heavy (non-hydrogen) atoms. The number of carbonyl (C=O) groups is 2. The third-order valence-electron chi connectivity index (χ3n) is 16.9. The molecular weight excluding hydrogens is 1380 g/mol. The SMILES string of the molecule is CCC(=O)c1c(-c2ccc(F)cc2)oc2cc(N(C)S(C)(=O)=O)c(-c3ccc4ncn(-c5ccccc5F)c(=O)c4n3)cc12.CCC(=O)c1c(-c2ccc(F)cc2)oc2cc(N(C)S(C)(=O)=O)c(B3OC(C)(C)C(C)(C)O3)cc12.O=c1c2nc(Br)ccc2ncn1-c1ccccc1F. The van der Waals surface area contributed by atoms with Gasteiger partial charge in [0.1, 0.15) is 63.2 Å². The Bertz CT molecular complexity index is 5540. The van der Waals surface area contributed by atoms with Crippen molar-refractivity contribution in [2.24, 2.45) is 0 Å². The molecule has 0 atom stereocenters. The number of nitrogens with zero attached hydrogens (tertiary/aromatic N) is 8. The van der Waals surface area contributed by atoms with Gasteiger partial charge in [-0.05, 0) is 153 Å². The number of carbonyl (C=O) groups excluding carboxylic acids is 2. The average Bonchev–Trinajstić information content (AvgIpc) is 1.52. The van der Waals surface area contributed by atoms with Crippen LogP contribution in [0.5, 0.6) is 0 Å². The maximum atomic E-state index is 14.6. The molecule has 502 valence electrons. The number of Topliss-reactive ketones (excluding diaryl/α,β-unsaturated/α-hetero) is 2. The van der Waals surface area contributed by atoms with Crippen LogP contribution in [0.15, 0.2) is 181 Å². The van der Waals surface area contributed by atoms with Gasteiger partial charge < -0.3 is 18.1 Å². The van der Waals surface area contributed by atoms with E-state index < -0.39 is 72.8 Å².